The average Bonchev–Trinajstić information content (AvgIpc) is 3.14. The van der Waals surface area contributed by atoms with Crippen LogP contribution in [0.4, 0.5) is 13.2 Å². The molecule has 10 heteroatoms. The van der Waals surface area contributed by atoms with Crippen molar-refractivity contribution in [3.05, 3.63) is 41.3 Å². The summed E-state index contributed by atoms with van der Waals surface area (Å²) in [5.41, 5.74) is 1.40. The number of hydrogen-bond donors (Lipinski definition) is 2. The van der Waals surface area contributed by atoms with Gasteiger partial charge in [0.25, 0.3) is 5.91 Å². The van der Waals surface area contributed by atoms with E-state index in [-0.39, 0.29) is 41.1 Å². The summed E-state index contributed by atoms with van der Waals surface area (Å²) in [6.45, 7) is 12.1. The molecule has 0 spiro atoms. The number of benzene rings is 1. The van der Waals surface area contributed by atoms with E-state index in [0.29, 0.717) is 22.3 Å². The van der Waals surface area contributed by atoms with E-state index in [2.05, 4.69) is 45.9 Å². The molecule has 194 valence electrons. The molecule has 2 N–H and O–H groups in total. The molecule has 7 nitrogen and oxygen atoms in total. The molecule has 1 aliphatic heterocycles. The van der Waals surface area contributed by atoms with Gasteiger partial charge in [-0.1, -0.05) is 0 Å². The largest absolute Gasteiger partial charge is 0.493 e. The van der Waals surface area contributed by atoms with Crippen LogP contribution in [-0.2, 0) is 6.18 Å². The van der Waals surface area contributed by atoms with Crippen LogP contribution in [-0.4, -0.2) is 57.0 Å². The third-order valence-electron chi connectivity index (χ3n) is 6.64. The van der Waals surface area contributed by atoms with Crippen LogP contribution < -0.4 is 10.1 Å². The summed E-state index contributed by atoms with van der Waals surface area (Å²) in [5.74, 6) is 0.0149. The molecule has 1 aromatic carbocycles. The monoisotopic (exact) mass is 503 g/mol. The molecule has 0 saturated carbocycles. The number of carbonyl (C=O) groups excluding carboxylic acids is 1. The molecule has 1 saturated heterocycles. The predicted octanol–water partition coefficient (Wildman–Crippen LogP) is 5.34. The maximum absolute atomic E-state index is 13.5. The van der Waals surface area contributed by atoms with E-state index in [1.165, 1.54) is 12.4 Å². The molecule has 1 amide bonds. The predicted molar refractivity (Wildman–Crippen MR) is 132 cm³/mol. The van der Waals surface area contributed by atoms with E-state index in [1.807, 2.05) is 0 Å². The van der Waals surface area contributed by atoms with Crippen LogP contribution in [0, 0.1) is 6.92 Å². The highest BCUT2D eigenvalue weighted by Crippen LogP contribution is 2.39. The first-order chi connectivity index (χ1) is 16.9. The molecular formula is C26H32F3N5O2. The Morgan fingerprint density at radius 1 is 1.19 bits per heavy atom. The summed E-state index contributed by atoms with van der Waals surface area (Å²) in [4.78, 5) is 27.4. The Kier molecular flexibility index (Phi) is 7.01. The van der Waals surface area contributed by atoms with Gasteiger partial charge in [0.1, 0.15) is 23.3 Å². The average molecular weight is 504 g/mol. The van der Waals surface area contributed by atoms with Crippen molar-refractivity contribution >= 4 is 16.9 Å². The Morgan fingerprint density at radius 2 is 1.89 bits per heavy atom. The molecule has 0 atom stereocenters. The van der Waals surface area contributed by atoms with Crippen LogP contribution in [0.25, 0.3) is 22.3 Å². The van der Waals surface area contributed by atoms with Gasteiger partial charge in [-0.3, -0.25) is 9.69 Å². The van der Waals surface area contributed by atoms with Crippen molar-refractivity contribution < 1.29 is 22.7 Å². The van der Waals surface area contributed by atoms with Crippen molar-refractivity contribution in [2.75, 3.05) is 19.7 Å². The van der Waals surface area contributed by atoms with Gasteiger partial charge in [-0.25, -0.2) is 9.97 Å². The van der Waals surface area contributed by atoms with Crippen LogP contribution in [0.5, 0.6) is 5.75 Å². The number of aromatic amines is 1. The minimum Gasteiger partial charge on any atom is -0.493 e. The molecule has 3 aromatic rings. The molecule has 2 aromatic heterocycles. The number of rotatable bonds is 5. The van der Waals surface area contributed by atoms with E-state index >= 15 is 0 Å². The number of nitrogens with one attached hydrogen (secondary N) is 2. The Morgan fingerprint density at radius 3 is 2.50 bits per heavy atom. The molecule has 0 radical (unpaired) electrons. The van der Waals surface area contributed by atoms with Crippen molar-refractivity contribution in [2.45, 2.75) is 65.2 Å². The number of aromatic nitrogens is 3. The quantitative estimate of drug-likeness (QED) is 0.491. The number of hydrogen-bond acceptors (Lipinski definition) is 5. The Bertz CT molecular complexity index is 1250. The third-order valence-corrected chi connectivity index (χ3v) is 6.64. The van der Waals surface area contributed by atoms with E-state index in [0.717, 1.165) is 38.1 Å². The summed E-state index contributed by atoms with van der Waals surface area (Å²) in [6.07, 6.45) is -1.58. The molecule has 4 rings (SSSR count). The second-order valence-corrected chi connectivity index (χ2v) is 10.1. The molecule has 36 heavy (non-hydrogen) atoms. The number of halogens is 3. The number of piperidine rings is 1. The number of likely N-dealkylation sites (tertiary alicyclic amines) is 1. The van der Waals surface area contributed by atoms with Gasteiger partial charge in [-0.05, 0) is 65.7 Å². The van der Waals surface area contributed by atoms with Crippen molar-refractivity contribution in [3.8, 4) is 17.0 Å². The zero-order chi connectivity index (χ0) is 26.3. The van der Waals surface area contributed by atoms with E-state index in [1.54, 1.807) is 13.8 Å². The van der Waals surface area contributed by atoms with Crippen molar-refractivity contribution in [1.29, 1.82) is 0 Å². The van der Waals surface area contributed by atoms with E-state index < -0.39 is 11.7 Å². The standard InChI is InChI=1S/C26H32F3N5O2/c1-6-36-19-8-7-16(26(27,28)29)13-18(19)21-23-22(31-14-30-21)20(15(2)32-23)24(35)33-17-9-11-34(12-10-17)25(3,4)5/h7-8,13-14,17,32H,6,9-12H2,1-5H3,(H,33,35). The first kappa shape index (κ1) is 25.9. The van der Waals surface area contributed by atoms with Gasteiger partial charge < -0.3 is 15.0 Å². The van der Waals surface area contributed by atoms with Gasteiger partial charge >= 0.3 is 6.18 Å². The van der Waals surface area contributed by atoms with E-state index in [9.17, 15) is 18.0 Å². The molecule has 0 aliphatic carbocycles. The lowest BCUT2D eigenvalue weighted by Gasteiger charge is -2.41. The van der Waals surface area contributed by atoms with Crippen LogP contribution >= 0.6 is 0 Å². The lowest BCUT2D eigenvalue weighted by atomic mass is 9.98. The lowest BCUT2D eigenvalue weighted by Crippen LogP contribution is -2.50. The maximum Gasteiger partial charge on any atom is 0.416 e. The van der Waals surface area contributed by atoms with Crippen LogP contribution in [0.2, 0.25) is 0 Å². The van der Waals surface area contributed by atoms with Crippen molar-refractivity contribution in [3.63, 3.8) is 0 Å². The number of nitrogens with zero attached hydrogens (tertiary/aromatic N) is 3. The molecule has 3 heterocycles. The third kappa shape index (κ3) is 5.18. The SMILES string of the molecule is CCOc1ccc(C(F)(F)F)cc1-c1ncnc2c(C(=O)NC3CCN(C(C)(C)C)CC3)c(C)[nH]c12. The zero-order valence-electron chi connectivity index (χ0n) is 21.2. The smallest absolute Gasteiger partial charge is 0.416 e. The molecule has 1 aliphatic rings. The van der Waals surface area contributed by atoms with Gasteiger partial charge in [0.2, 0.25) is 0 Å². The number of carbonyl (C=O) groups is 1. The maximum atomic E-state index is 13.5. The highest BCUT2D eigenvalue weighted by molar-refractivity contribution is 6.09. The number of ether oxygens (including phenoxy) is 1. The fourth-order valence-electron chi connectivity index (χ4n) is 4.73. The van der Waals surface area contributed by atoms with Crippen LogP contribution in [0.3, 0.4) is 0 Å². The van der Waals surface area contributed by atoms with Crippen molar-refractivity contribution in [1.82, 2.24) is 25.2 Å². The first-order valence-electron chi connectivity index (χ1n) is 12.1. The second-order valence-electron chi connectivity index (χ2n) is 10.1. The first-order valence-corrected chi connectivity index (χ1v) is 12.1. The normalized spacial score (nSPS) is 15.9. The Balaban J connectivity index is 1.68. The number of H-pyrrole nitrogens is 1. The summed E-state index contributed by atoms with van der Waals surface area (Å²) in [5, 5.41) is 3.13. The number of aryl methyl sites for hydroxylation is 1. The second kappa shape index (κ2) is 9.72. The summed E-state index contributed by atoms with van der Waals surface area (Å²) in [7, 11) is 0. The van der Waals surface area contributed by atoms with Crippen LogP contribution in [0.15, 0.2) is 24.5 Å². The van der Waals surface area contributed by atoms with E-state index in [4.69, 9.17) is 4.74 Å². The van der Waals surface area contributed by atoms with Gasteiger partial charge in [-0.15, -0.1) is 0 Å². The fraction of sp³-hybridized carbons (Fsp3) is 0.500. The Labute approximate surface area is 208 Å². The highest BCUT2D eigenvalue weighted by atomic mass is 19.4. The lowest BCUT2D eigenvalue weighted by molar-refractivity contribution is -0.137. The van der Waals surface area contributed by atoms with Gasteiger partial charge in [0.15, 0.2) is 0 Å². The molecular weight excluding hydrogens is 471 g/mol. The Hall–Kier alpha value is -3.14. The number of fused-ring (bicyclic) bond motifs is 1. The van der Waals surface area contributed by atoms with Gasteiger partial charge in [-0.2, -0.15) is 13.2 Å². The molecule has 1 fully saturated rings. The molecule has 0 unspecified atom stereocenters. The number of amides is 1. The molecule has 0 bridgehead atoms. The zero-order valence-corrected chi connectivity index (χ0v) is 21.2. The minimum atomic E-state index is -4.52. The van der Waals surface area contributed by atoms with Crippen LogP contribution in [0.1, 0.15) is 62.2 Å². The van der Waals surface area contributed by atoms with Gasteiger partial charge in [0, 0.05) is 35.9 Å². The summed E-state index contributed by atoms with van der Waals surface area (Å²) < 4.78 is 46.0. The van der Waals surface area contributed by atoms with Crippen molar-refractivity contribution in [2.24, 2.45) is 0 Å². The minimum absolute atomic E-state index is 0.0368. The number of alkyl halides is 3. The topological polar surface area (TPSA) is 83.1 Å². The summed E-state index contributed by atoms with van der Waals surface area (Å²) >= 11 is 0. The summed E-state index contributed by atoms with van der Waals surface area (Å²) in [6, 6.07) is 3.33. The van der Waals surface area contributed by atoms with Gasteiger partial charge in [0.05, 0.1) is 23.3 Å². The highest BCUT2D eigenvalue weighted by Gasteiger charge is 2.33. The fourth-order valence-corrected chi connectivity index (χ4v) is 4.73.